The monoisotopic (exact) mass is 420 g/mol. The zero-order valence-corrected chi connectivity index (χ0v) is 17.4. The fraction of sp³-hybridized carbons (Fsp3) is 0.182. The van der Waals surface area contributed by atoms with E-state index < -0.39 is 0 Å². The van der Waals surface area contributed by atoms with Crippen LogP contribution in [-0.2, 0) is 6.54 Å². The molecule has 0 aliphatic carbocycles. The number of pyridine rings is 1. The lowest BCUT2D eigenvalue weighted by atomic mass is 10.1. The molecular formula is C22H21ClN6O. The lowest BCUT2D eigenvalue weighted by Crippen LogP contribution is -2.16. The first-order chi connectivity index (χ1) is 14.5. The fourth-order valence-electron chi connectivity index (χ4n) is 3.28. The molecule has 1 amide bonds. The highest BCUT2D eigenvalue weighted by Crippen LogP contribution is 2.25. The van der Waals surface area contributed by atoms with Crippen LogP contribution in [0.1, 0.15) is 41.4 Å². The summed E-state index contributed by atoms with van der Waals surface area (Å²) < 4.78 is 3.52. The maximum atomic E-state index is 13.0. The molecule has 0 saturated heterocycles. The SMILES string of the molecule is CC(C)c1c(C(=O)Nc2ccn(Cc3ccncc3)n2)cnn1-c1cccc(Cl)c1. The molecule has 0 fully saturated rings. The van der Waals surface area contributed by atoms with Crippen LogP contribution in [0.4, 0.5) is 5.82 Å². The van der Waals surface area contributed by atoms with E-state index in [-0.39, 0.29) is 11.8 Å². The van der Waals surface area contributed by atoms with Gasteiger partial charge in [0.2, 0.25) is 0 Å². The molecule has 0 aliphatic rings. The van der Waals surface area contributed by atoms with Crippen molar-refractivity contribution in [2.75, 3.05) is 5.32 Å². The van der Waals surface area contributed by atoms with Crippen molar-refractivity contribution in [3.8, 4) is 5.69 Å². The van der Waals surface area contributed by atoms with Crippen LogP contribution >= 0.6 is 11.6 Å². The van der Waals surface area contributed by atoms with Gasteiger partial charge in [-0.1, -0.05) is 31.5 Å². The van der Waals surface area contributed by atoms with Crippen LogP contribution in [0.5, 0.6) is 0 Å². The molecule has 152 valence electrons. The Bertz CT molecular complexity index is 1170. The van der Waals surface area contributed by atoms with Crippen molar-refractivity contribution in [1.29, 1.82) is 0 Å². The van der Waals surface area contributed by atoms with Gasteiger partial charge in [-0.25, -0.2) is 4.68 Å². The highest BCUT2D eigenvalue weighted by Gasteiger charge is 2.21. The molecule has 0 atom stereocenters. The third-order valence-corrected chi connectivity index (χ3v) is 4.86. The number of rotatable bonds is 6. The summed E-state index contributed by atoms with van der Waals surface area (Å²) >= 11 is 6.13. The van der Waals surface area contributed by atoms with Crippen molar-refractivity contribution < 1.29 is 4.79 Å². The molecule has 7 nitrogen and oxygen atoms in total. The molecular weight excluding hydrogens is 400 g/mol. The van der Waals surface area contributed by atoms with Crippen LogP contribution in [0.25, 0.3) is 5.69 Å². The fourth-order valence-corrected chi connectivity index (χ4v) is 3.46. The summed E-state index contributed by atoms with van der Waals surface area (Å²) in [6.07, 6.45) is 6.90. The number of hydrogen-bond donors (Lipinski definition) is 1. The maximum absolute atomic E-state index is 13.0. The Labute approximate surface area is 179 Å². The third kappa shape index (κ3) is 4.26. The number of aromatic nitrogens is 5. The number of benzene rings is 1. The molecule has 0 radical (unpaired) electrons. The molecule has 8 heteroatoms. The zero-order valence-electron chi connectivity index (χ0n) is 16.7. The Morgan fingerprint density at radius 1 is 1.17 bits per heavy atom. The Morgan fingerprint density at radius 3 is 2.70 bits per heavy atom. The van der Waals surface area contributed by atoms with E-state index in [4.69, 9.17) is 11.6 Å². The number of amides is 1. The highest BCUT2D eigenvalue weighted by atomic mass is 35.5. The molecule has 4 aromatic rings. The van der Waals surface area contributed by atoms with Gasteiger partial charge in [0.05, 0.1) is 29.7 Å². The van der Waals surface area contributed by atoms with Crippen molar-refractivity contribution in [2.24, 2.45) is 0 Å². The van der Waals surface area contributed by atoms with Gasteiger partial charge in [0.15, 0.2) is 5.82 Å². The summed E-state index contributed by atoms with van der Waals surface area (Å²) in [6.45, 7) is 4.65. The second-order valence-electron chi connectivity index (χ2n) is 7.20. The van der Waals surface area contributed by atoms with Gasteiger partial charge in [0, 0.05) is 29.7 Å². The molecule has 0 unspecified atom stereocenters. The number of carbonyl (C=O) groups excluding carboxylic acids is 1. The van der Waals surface area contributed by atoms with Gasteiger partial charge < -0.3 is 5.32 Å². The van der Waals surface area contributed by atoms with E-state index in [1.807, 2.05) is 50.4 Å². The van der Waals surface area contributed by atoms with E-state index in [2.05, 4.69) is 20.5 Å². The summed E-state index contributed by atoms with van der Waals surface area (Å²) in [7, 11) is 0. The van der Waals surface area contributed by atoms with E-state index in [1.165, 1.54) is 0 Å². The average Bonchev–Trinajstić information content (AvgIpc) is 3.36. The van der Waals surface area contributed by atoms with E-state index >= 15 is 0 Å². The summed E-state index contributed by atoms with van der Waals surface area (Å²) in [5, 5.41) is 12.4. The predicted molar refractivity (Wildman–Crippen MR) is 116 cm³/mol. The van der Waals surface area contributed by atoms with Crippen molar-refractivity contribution >= 4 is 23.3 Å². The second-order valence-corrected chi connectivity index (χ2v) is 7.63. The number of hydrogen-bond acceptors (Lipinski definition) is 4. The minimum Gasteiger partial charge on any atom is -0.305 e. The summed E-state index contributed by atoms with van der Waals surface area (Å²) in [5.74, 6) is 0.317. The number of anilines is 1. The van der Waals surface area contributed by atoms with Gasteiger partial charge in [0.25, 0.3) is 5.91 Å². The molecule has 1 aromatic carbocycles. The first kappa shape index (κ1) is 19.8. The molecule has 0 saturated carbocycles. The number of nitrogens with one attached hydrogen (secondary N) is 1. The molecule has 1 N–H and O–H groups in total. The molecule has 0 aliphatic heterocycles. The first-order valence-electron chi connectivity index (χ1n) is 9.59. The van der Waals surface area contributed by atoms with E-state index in [0.29, 0.717) is 22.9 Å². The van der Waals surface area contributed by atoms with Crippen LogP contribution in [0.3, 0.4) is 0 Å². The lowest BCUT2D eigenvalue weighted by molar-refractivity contribution is 0.102. The molecule has 0 bridgehead atoms. The molecule has 30 heavy (non-hydrogen) atoms. The zero-order chi connectivity index (χ0) is 21.1. The summed E-state index contributed by atoms with van der Waals surface area (Å²) in [6, 6.07) is 13.0. The van der Waals surface area contributed by atoms with Gasteiger partial charge in [0.1, 0.15) is 0 Å². The van der Waals surface area contributed by atoms with E-state index in [0.717, 1.165) is 16.9 Å². The van der Waals surface area contributed by atoms with Gasteiger partial charge >= 0.3 is 0 Å². The van der Waals surface area contributed by atoms with E-state index in [1.54, 1.807) is 40.1 Å². The average molecular weight is 421 g/mol. The van der Waals surface area contributed by atoms with Crippen molar-refractivity contribution in [1.82, 2.24) is 24.5 Å². The normalized spacial score (nSPS) is 11.1. The minimum absolute atomic E-state index is 0.0801. The smallest absolute Gasteiger partial charge is 0.260 e. The van der Waals surface area contributed by atoms with Gasteiger partial charge in [-0.05, 0) is 41.8 Å². The Kier molecular flexibility index (Phi) is 5.63. The standard InChI is InChI=1S/C22H21ClN6O/c1-15(2)21-19(13-25-29(21)18-5-3-4-17(23)12-18)22(30)26-20-8-11-28(27-20)14-16-6-9-24-10-7-16/h3-13,15H,14H2,1-2H3,(H,26,27,30). The van der Waals surface area contributed by atoms with Crippen LogP contribution in [0.2, 0.25) is 5.02 Å². The predicted octanol–water partition coefficient (Wildman–Crippen LogP) is 4.54. The number of halogens is 1. The molecule has 0 spiro atoms. The summed E-state index contributed by atoms with van der Waals surface area (Å²) in [5.41, 5.74) is 3.21. The van der Waals surface area contributed by atoms with Crippen LogP contribution in [0.15, 0.2) is 67.3 Å². The van der Waals surface area contributed by atoms with E-state index in [9.17, 15) is 4.79 Å². The van der Waals surface area contributed by atoms with Crippen LogP contribution in [-0.4, -0.2) is 30.5 Å². The van der Waals surface area contributed by atoms with Gasteiger partial charge in [-0.15, -0.1) is 0 Å². The topological polar surface area (TPSA) is 77.6 Å². The number of nitrogens with zero attached hydrogens (tertiary/aromatic N) is 5. The Morgan fingerprint density at radius 2 is 1.97 bits per heavy atom. The summed E-state index contributed by atoms with van der Waals surface area (Å²) in [4.78, 5) is 17.0. The van der Waals surface area contributed by atoms with Crippen molar-refractivity contribution in [3.63, 3.8) is 0 Å². The second kappa shape index (κ2) is 8.51. The Hall–Kier alpha value is -3.45. The van der Waals surface area contributed by atoms with Gasteiger partial charge in [-0.2, -0.15) is 10.2 Å². The quantitative estimate of drug-likeness (QED) is 0.496. The first-order valence-corrected chi connectivity index (χ1v) is 9.96. The Balaban J connectivity index is 1.55. The van der Waals surface area contributed by atoms with Crippen molar-refractivity contribution in [2.45, 2.75) is 26.3 Å². The van der Waals surface area contributed by atoms with Crippen molar-refractivity contribution in [3.05, 3.63) is 89.1 Å². The third-order valence-electron chi connectivity index (χ3n) is 4.63. The van der Waals surface area contributed by atoms with Crippen LogP contribution in [0, 0.1) is 0 Å². The molecule has 4 rings (SSSR count). The highest BCUT2D eigenvalue weighted by molar-refractivity contribution is 6.30. The van der Waals surface area contributed by atoms with Crippen LogP contribution < -0.4 is 5.32 Å². The largest absolute Gasteiger partial charge is 0.305 e. The number of carbonyl (C=O) groups is 1. The van der Waals surface area contributed by atoms with Gasteiger partial charge in [-0.3, -0.25) is 14.5 Å². The molecule has 3 aromatic heterocycles. The lowest BCUT2D eigenvalue weighted by Gasteiger charge is -2.13. The maximum Gasteiger partial charge on any atom is 0.260 e. The minimum atomic E-state index is -0.249. The molecule has 3 heterocycles.